The summed E-state index contributed by atoms with van der Waals surface area (Å²) in [7, 11) is 7.67. The third kappa shape index (κ3) is 7.93. The van der Waals surface area contributed by atoms with E-state index in [1.165, 1.54) is 0 Å². The highest BCUT2D eigenvalue weighted by molar-refractivity contribution is 7.98. The molecule has 0 spiro atoms. The van der Waals surface area contributed by atoms with Crippen molar-refractivity contribution in [1.82, 2.24) is 20.2 Å². The number of hydrogen-bond donors (Lipinski definition) is 1. The molecule has 1 aromatic heterocycles. The lowest BCUT2D eigenvalue weighted by Crippen LogP contribution is -2.31. The lowest BCUT2D eigenvalue weighted by atomic mass is 10.1. The van der Waals surface area contributed by atoms with E-state index in [-0.39, 0.29) is 5.91 Å². The van der Waals surface area contributed by atoms with Crippen LogP contribution in [-0.4, -0.2) is 68.7 Å². The van der Waals surface area contributed by atoms with Crippen molar-refractivity contribution in [2.24, 2.45) is 0 Å². The molecule has 8 heteroatoms. The number of amides is 1. The average molecular weight is 432 g/mol. The van der Waals surface area contributed by atoms with Gasteiger partial charge in [-0.05, 0) is 38.2 Å². The lowest BCUT2D eigenvalue weighted by molar-refractivity contribution is 0.0951. The lowest BCUT2D eigenvalue weighted by Gasteiger charge is -2.18. The SMILES string of the molecule is CCCN(C)c1cc(COC)nc(SCc2cccc(C(=O)NCCN(C)C)c2)n1. The normalized spacial score (nSPS) is 11.0. The number of carbonyl (C=O) groups is 1. The molecule has 0 saturated heterocycles. The highest BCUT2D eigenvalue weighted by atomic mass is 32.2. The van der Waals surface area contributed by atoms with Gasteiger partial charge < -0.3 is 19.9 Å². The van der Waals surface area contributed by atoms with Gasteiger partial charge in [-0.2, -0.15) is 0 Å². The first-order valence-electron chi connectivity index (χ1n) is 10.2. The van der Waals surface area contributed by atoms with Crippen LogP contribution in [0.25, 0.3) is 0 Å². The topological polar surface area (TPSA) is 70.6 Å². The highest BCUT2D eigenvalue weighted by Gasteiger charge is 2.10. The Morgan fingerprint density at radius 3 is 2.67 bits per heavy atom. The van der Waals surface area contributed by atoms with Gasteiger partial charge >= 0.3 is 0 Å². The Balaban J connectivity index is 2.06. The van der Waals surface area contributed by atoms with Crippen LogP contribution in [0.3, 0.4) is 0 Å². The van der Waals surface area contributed by atoms with Gasteiger partial charge in [0, 0.05) is 51.2 Å². The van der Waals surface area contributed by atoms with E-state index in [1.54, 1.807) is 18.9 Å². The maximum Gasteiger partial charge on any atom is 0.251 e. The predicted molar refractivity (Wildman–Crippen MR) is 123 cm³/mol. The molecule has 30 heavy (non-hydrogen) atoms. The van der Waals surface area contributed by atoms with Gasteiger partial charge in [0.25, 0.3) is 5.91 Å². The van der Waals surface area contributed by atoms with Gasteiger partial charge in [-0.15, -0.1) is 0 Å². The first kappa shape index (κ1) is 24.1. The van der Waals surface area contributed by atoms with E-state index < -0.39 is 0 Å². The molecule has 7 nitrogen and oxygen atoms in total. The monoisotopic (exact) mass is 431 g/mol. The number of carbonyl (C=O) groups excluding carboxylic acids is 1. The maximum absolute atomic E-state index is 12.4. The van der Waals surface area contributed by atoms with E-state index in [4.69, 9.17) is 9.72 Å². The van der Waals surface area contributed by atoms with Crippen molar-refractivity contribution >= 4 is 23.5 Å². The summed E-state index contributed by atoms with van der Waals surface area (Å²) < 4.78 is 5.26. The van der Waals surface area contributed by atoms with Gasteiger partial charge in [0.15, 0.2) is 5.16 Å². The van der Waals surface area contributed by atoms with Crippen LogP contribution in [-0.2, 0) is 17.1 Å². The third-order valence-electron chi connectivity index (χ3n) is 4.39. The van der Waals surface area contributed by atoms with Crippen LogP contribution < -0.4 is 10.2 Å². The standard InChI is InChI=1S/C22H33N5O2S/c1-6-11-27(4)20-14-19(15-29-5)24-22(25-20)30-16-17-8-7-9-18(13-17)21(28)23-10-12-26(2)3/h7-9,13-14H,6,10-12,15-16H2,1-5H3,(H,23,28). The number of anilines is 1. The average Bonchev–Trinajstić information content (AvgIpc) is 2.72. The van der Waals surface area contributed by atoms with Crippen LogP contribution >= 0.6 is 11.8 Å². The molecular formula is C22H33N5O2S. The number of methoxy groups -OCH3 is 1. The van der Waals surface area contributed by atoms with Gasteiger partial charge in [-0.3, -0.25) is 4.79 Å². The number of rotatable bonds is 12. The number of ether oxygens (including phenoxy) is 1. The Labute approximate surface area is 184 Å². The fraction of sp³-hybridized carbons (Fsp3) is 0.500. The number of hydrogen-bond acceptors (Lipinski definition) is 7. The van der Waals surface area contributed by atoms with Crippen molar-refractivity contribution < 1.29 is 9.53 Å². The molecule has 0 aliphatic rings. The summed E-state index contributed by atoms with van der Waals surface area (Å²) in [5.41, 5.74) is 2.59. The summed E-state index contributed by atoms with van der Waals surface area (Å²) in [4.78, 5) is 25.9. The number of nitrogens with one attached hydrogen (secondary N) is 1. The molecule has 0 bridgehead atoms. The molecule has 2 rings (SSSR count). The number of nitrogens with zero attached hydrogens (tertiary/aromatic N) is 4. The number of likely N-dealkylation sites (N-methyl/N-ethyl adjacent to an activating group) is 1. The minimum Gasteiger partial charge on any atom is -0.378 e. The van der Waals surface area contributed by atoms with Crippen LogP contribution in [0, 0.1) is 0 Å². The van der Waals surface area contributed by atoms with Crippen molar-refractivity contribution in [1.29, 1.82) is 0 Å². The molecule has 0 atom stereocenters. The molecule has 1 amide bonds. The van der Waals surface area contributed by atoms with Crippen molar-refractivity contribution in [3.63, 3.8) is 0 Å². The Morgan fingerprint density at radius 2 is 1.97 bits per heavy atom. The molecule has 164 valence electrons. The summed E-state index contributed by atoms with van der Waals surface area (Å²) in [6.45, 7) is 4.96. The molecule has 0 saturated carbocycles. The molecule has 0 aliphatic heterocycles. The van der Waals surface area contributed by atoms with Gasteiger partial charge in [0.1, 0.15) is 5.82 Å². The van der Waals surface area contributed by atoms with Crippen LogP contribution in [0.2, 0.25) is 0 Å². The Morgan fingerprint density at radius 1 is 1.17 bits per heavy atom. The van der Waals surface area contributed by atoms with E-state index in [1.807, 2.05) is 56.4 Å². The van der Waals surface area contributed by atoms with E-state index in [9.17, 15) is 4.79 Å². The quantitative estimate of drug-likeness (QED) is 0.409. The number of aromatic nitrogens is 2. The minimum atomic E-state index is -0.0504. The fourth-order valence-corrected chi connectivity index (χ4v) is 3.65. The van der Waals surface area contributed by atoms with Gasteiger partial charge in [0.05, 0.1) is 12.3 Å². The largest absolute Gasteiger partial charge is 0.378 e. The Kier molecular flexibility index (Phi) is 10.1. The van der Waals surface area contributed by atoms with Crippen molar-refractivity contribution in [2.75, 3.05) is 52.8 Å². The van der Waals surface area contributed by atoms with Crippen LogP contribution in [0.15, 0.2) is 35.5 Å². The number of thioether (sulfide) groups is 1. The van der Waals surface area contributed by atoms with Crippen LogP contribution in [0.1, 0.15) is 35.0 Å². The first-order chi connectivity index (χ1) is 14.4. The summed E-state index contributed by atoms with van der Waals surface area (Å²) in [5, 5.41) is 3.66. The third-order valence-corrected chi connectivity index (χ3v) is 5.31. The van der Waals surface area contributed by atoms with Crippen LogP contribution in [0.5, 0.6) is 0 Å². The molecule has 1 heterocycles. The summed E-state index contributed by atoms with van der Waals surface area (Å²) >= 11 is 1.56. The molecule has 2 aromatic rings. The zero-order valence-corrected chi connectivity index (χ0v) is 19.5. The molecular weight excluding hydrogens is 398 g/mol. The first-order valence-corrected chi connectivity index (χ1v) is 11.1. The Hall–Kier alpha value is -2.16. The van der Waals surface area contributed by atoms with E-state index in [0.717, 1.165) is 36.6 Å². The summed E-state index contributed by atoms with van der Waals surface area (Å²) in [5.74, 6) is 1.53. The second kappa shape index (κ2) is 12.5. The highest BCUT2D eigenvalue weighted by Crippen LogP contribution is 2.23. The van der Waals surface area contributed by atoms with Crippen molar-refractivity contribution in [3.05, 3.63) is 47.2 Å². The molecule has 0 unspecified atom stereocenters. The second-order valence-corrected chi connectivity index (χ2v) is 8.35. The summed E-state index contributed by atoms with van der Waals surface area (Å²) in [6, 6.07) is 9.68. The minimum absolute atomic E-state index is 0.0504. The smallest absolute Gasteiger partial charge is 0.251 e. The fourth-order valence-electron chi connectivity index (χ4n) is 2.84. The van der Waals surface area contributed by atoms with Gasteiger partial charge in [0.2, 0.25) is 0 Å². The van der Waals surface area contributed by atoms with Crippen molar-refractivity contribution in [3.8, 4) is 0 Å². The Bertz CT molecular complexity index is 816. The zero-order chi connectivity index (χ0) is 21.9. The van der Waals surface area contributed by atoms with E-state index in [0.29, 0.717) is 29.6 Å². The zero-order valence-electron chi connectivity index (χ0n) is 18.6. The molecule has 0 aliphatic carbocycles. The van der Waals surface area contributed by atoms with E-state index >= 15 is 0 Å². The molecule has 0 radical (unpaired) electrons. The van der Waals surface area contributed by atoms with Crippen molar-refractivity contribution in [2.45, 2.75) is 30.9 Å². The summed E-state index contributed by atoms with van der Waals surface area (Å²) in [6.07, 6.45) is 1.05. The molecule has 1 aromatic carbocycles. The maximum atomic E-state index is 12.4. The number of benzene rings is 1. The second-order valence-electron chi connectivity index (χ2n) is 7.40. The molecule has 1 N–H and O–H groups in total. The van der Waals surface area contributed by atoms with Gasteiger partial charge in [-0.25, -0.2) is 9.97 Å². The molecule has 0 fully saturated rings. The van der Waals surface area contributed by atoms with Crippen LogP contribution in [0.4, 0.5) is 5.82 Å². The predicted octanol–water partition coefficient (Wildman–Crippen LogP) is 3.05. The van der Waals surface area contributed by atoms with Gasteiger partial charge in [-0.1, -0.05) is 30.8 Å². The van der Waals surface area contributed by atoms with E-state index in [2.05, 4.69) is 22.1 Å².